The Labute approximate surface area is 100 Å². The summed E-state index contributed by atoms with van der Waals surface area (Å²) in [6, 6.07) is 18.3. The van der Waals surface area contributed by atoms with Crippen LogP contribution in [0.15, 0.2) is 54.6 Å². The molecule has 0 bridgehead atoms. The van der Waals surface area contributed by atoms with Crippen LogP contribution in [0.2, 0.25) is 0 Å². The number of benzene rings is 2. The molecule has 1 heterocycles. The molecule has 1 N–H and O–H groups in total. The molecule has 2 nitrogen and oxygen atoms in total. The second-order valence-corrected chi connectivity index (χ2v) is 5.90. The van der Waals surface area contributed by atoms with E-state index in [-0.39, 0.29) is 0 Å². The highest BCUT2D eigenvalue weighted by Gasteiger charge is 2.28. The molecule has 0 aliphatic carbocycles. The fourth-order valence-electron chi connectivity index (χ4n) is 1.73. The van der Waals surface area contributed by atoms with Gasteiger partial charge >= 0.3 is 0 Å². The summed E-state index contributed by atoms with van der Waals surface area (Å²) in [6.45, 7) is 0. The lowest BCUT2D eigenvalue weighted by Crippen LogP contribution is -2.17. The molecule has 4 heteroatoms. The summed E-state index contributed by atoms with van der Waals surface area (Å²) in [5.41, 5.74) is 5.53. The van der Waals surface area contributed by atoms with Crippen molar-refractivity contribution in [1.29, 1.82) is 0 Å². The lowest BCUT2D eigenvalue weighted by Gasteiger charge is -2.21. The first-order valence-corrected chi connectivity index (χ1v) is 7.23. The molecule has 1 unspecified atom stereocenters. The van der Waals surface area contributed by atoms with Gasteiger partial charge in [-0.3, -0.25) is 5.43 Å². The molecule has 16 heavy (non-hydrogen) atoms. The quantitative estimate of drug-likeness (QED) is 0.774. The number of nitrogens with zero attached hydrogens (tertiary/aromatic N) is 1. The molecule has 2 aromatic rings. The van der Waals surface area contributed by atoms with Crippen LogP contribution < -0.4 is 15.5 Å². The summed E-state index contributed by atoms with van der Waals surface area (Å²) in [7, 11) is -0.826. The minimum Gasteiger partial charge on any atom is -0.293 e. The van der Waals surface area contributed by atoms with E-state index in [0.717, 1.165) is 11.4 Å². The second kappa shape index (κ2) is 3.97. The average molecular weight is 249 g/mol. The van der Waals surface area contributed by atoms with Crippen LogP contribution in [-0.4, -0.2) is 0 Å². The summed E-state index contributed by atoms with van der Waals surface area (Å²) < 4.78 is 2.03. The first-order valence-electron chi connectivity index (χ1n) is 5.03. The molecule has 1 atom stereocenters. The van der Waals surface area contributed by atoms with Gasteiger partial charge in [0.25, 0.3) is 0 Å². The van der Waals surface area contributed by atoms with E-state index >= 15 is 0 Å². The van der Waals surface area contributed by atoms with Gasteiger partial charge in [-0.15, -0.1) is 0 Å². The van der Waals surface area contributed by atoms with Gasteiger partial charge in [0.2, 0.25) is 0 Å². The third-order valence-corrected chi connectivity index (χ3v) is 4.98. The first kappa shape index (κ1) is 9.95. The Bertz CT molecular complexity index is 503. The maximum Gasteiger partial charge on any atom is 0.144 e. The van der Waals surface area contributed by atoms with Crippen LogP contribution in [0.4, 0.5) is 11.4 Å². The zero-order valence-corrected chi connectivity index (χ0v) is 10.1. The minimum absolute atomic E-state index is 0.826. The van der Waals surface area contributed by atoms with Gasteiger partial charge in [-0.1, -0.05) is 41.6 Å². The maximum absolute atomic E-state index is 6.47. The van der Waals surface area contributed by atoms with Crippen molar-refractivity contribution in [3.63, 3.8) is 0 Å². The normalized spacial score (nSPS) is 18.1. The van der Waals surface area contributed by atoms with E-state index in [1.165, 1.54) is 5.30 Å². The van der Waals surface area contributed by atoms with Gasteiger partial charge in [0.05, 0.1) is 11.4 Å². The predicted molar refractivity (Wildman–Crippen MR) is 71.4 cm³/mol. The highest BCUT2D eigenvalue weighted by atomic mass is 35.7. The van der Waals surface area contributed by atoms with Crippen LogP contribution in [0, 0.1) is 0 Å². The lowest BCUT2D eigenvalue weighted by molar-refractivity contribution is 1.31. The summed E-state index contributed by atoms with van der Waals surface area (Å²) >= 11 is 6.47. The summed E-state index contributed by atoms with van der Waals surface area (Å²) in [5, 5.41) is 1.18. The summed E-state index contributed by atoms with van der Waals surface area (Å²) in [5.74, 6) is 0. The van der Waals surface area contributed by atoms with Crippen LogP contribution in [0.3, 0.4) is 0 Å². The number of hydrogen-bond acceptors (Lipinski definition) is 2. The molecular weight excluding hydrogens is 239 g/mol. The average Bonchev–Trinajstić information content (AvgIpc) is 2.69. The van der Waals surface area contributed by atoms with Gasteiger partial charge in [0.1, 0.15) is 7.43 Å². The zero-order valence-electron chi connectivity index (χ0n) is 8.47. The van der Waals surface area contributed by atoms with E-state index in [9.17, 15) is 0 Å². The molecule has 1 aliphatic rings. The minimum atomic E-state index is -0.826. The van der Waals surface area contributed by atoms with Crippen LogP contribution >= 0.6 is 18.7 Å². The zero-order chi connectivity index (χ0) is 11.0. The molecule has 0 saturated carbocycles. The largest absolute Gasteiger partial charge is 0.293 e. The van der Waals surface area contributed by atoms with Crippen molar-refractivity contribution < 1.29 is 0 Å². The van der Waals surface area contributed by atoms with Crippen LogP contribution in [0.5, 0.6) is 0 Å². The Morgan fingerprint density at radius 2 is 1.62 bits per heavy atom. The molecule has 0 spiro atoms. The van der Waals surface area contributed by atoms with Crippen molar-refractivity contribution in [1.82, 2.24) is 0 Å². The topological polar surface area (TPSA) is 15.3 Å². The van der Waals surface area contributed by atoms with E-state index in [1.54, 1.807) is 0 Å². The summed E-state index contributed by atoms with van der Waals surface area (Å²) in [6.07, 6.45) is 0. The number of anilines is 2. The molecule has 0 aromatic heterocycles. The Balaban J connectivity index is 1.99. The number of fused-ring (bicyclic) bond motifs is 1. The van der Waals surface area contributed by atoms with E-state index in [0.29, 0.717) is 0 Å². The fourth-order valence-corrected chi connectivity index (χ4v) is 3.83. The van der Waals surface area contributed by atoms with Gasteiger partial charge in [0, 0.05) is 5.30 Å². The molecule has 0 radical (unpaired) electrons. The lowest BCUT2D eigenvalue weighted by atomic mass is 10.3. The molecule has 2 aromatic carbocycles. The van der Waals surface area contributed by atoms with Crippen LogP contribution in [-0.2, 0) is 0 Å². The number of nitrogens with one attached hydrogen (secondary N) is 1. The van der Waals surface area contributed by atoms with Gasteiger partial charge in [-0.05, 0) is 24.3 Å². The van der Waals surface area contributed by atoms with Crippen LogP contribution in [0.1, 0.15) is 0 Å². The molecule has 0 amide bonds. The number of para-hydroxylation sites is 2. The van der Waals surface area contributed by atoms with Crippen molar-refractivity contribution in [3.8, 4) is 0 Å². The number of rotatable bonds is 1. The van der Waals surface area contributed by atoms with Crippen LogP contribution in [0.25, 0.3) is 0 Å². The maximum atomic E-state index is 6.47. The standard InChI is InChI=1S/C12H10ClN2P/c13-16-12-9-5-4-8-11(12)14-15(16)10-6-2-1-3-7-10/h1-9,14H. The fraction of sp³-hybridized carbons (Fsp3) is 0. The van der Waals surface area contributed by atoms with Gasteiger partial charge in [-0.2, -0.15) is 0 Å². The third kappa shape index (κ3) is 1.55. The van der Waals surface area contributed by atoms with E-state index < -0.39 is 7.43 Å². The molecule has 1 aliphatic heterocycles. The second-order valence-electron chi connectivity index (χ2n) is 3.54. The third-order valence-electron chi connectivity index (χ3n) is 2.51. The van der Waals surface area contributed by atoms with E-state index in [1.807, 2.05) is 35.1 Å². The number of halogens is 1. The molecule has 3 rings (SSSR count). The molecule has 0 saturated heterocycles. The monoisotopic (exact) mass is 248 g/mol. The summed E-state index contributed by atoms with van der Waals surface area (Å²) in [4.78, 5) is 0. The first-order chi connectivity index (χ1) is 7.86. The Kier molecular flexibility index (Phi) is 2.47. The highest BCUT2D eigenvalue weighted by molar-refractivity contribution is 7.91. The molecule has 80 valence electrons. The van der Waals surface area contributed by atoms with Gasteiger partial charge in [-0.25, -0.2) is 4.78 Å². The van der Waals surface area contributed by atoms with Gasteiger partial charge < -0.3 is 0 Å². The number of hydrogen-bond donors (Lipinski definition) is 1. The van der Waals surface area contributed by atoms with Crippen molar-refractivity contribution in [2.45, 2.75) is 0 Å². The highest BCUT2D eigenvalue weighted by Crippen LogP contribution is 2.52. The van der Waals surface area contributed by atoms with Gasteiger partial charge in [0.15, 0.2) is 0 Å². The predicted octanol–water partition coefficient (Wildman–Crippen LogP) is 3.71. The Morgan fingerprint density at radius 1 is 0.938 bits per heavy atom. The number of hydrazine groups is 1. The molecular formula is C12H10ClN2P. The van der Waals surface area contributed by atoms with Crippen molar-refractivity contribution in [3.05, 3.63) is 54.6 Å². The SMILES string of the molecule is ClP1c2ccccc2NN1c1ccccc1. The van der Waals surface area contributed by atoms with Crippen molar-refractivity contribution in [2.24, 2.45) is 0 Å². The van der Waals surface area contributed by atoms with Crippen molar-refractivity contribution >= 4 is 35.3 Å². The Hall–Kier alpha value is -1.24. The van der Waals surface area contributed by atoms with Crippen molar-refractivity contribution in [2.75, 3.05) is 10.2 Å². The smallest absolute Gasteiger partial charge is 0.144 e. The van der Waals surface area contributed by atoms with E-state index in [2.05, 4.69) is 29.7 Å². The molecule has 0 fully saturated rings. The van der Waals surface area contributed by atoms with E-state index in [4.69, 9.17) is 11.2 Å². The Morgan fingerprint density at radius 3 is 2.38 bits per heavy atom.